The van der Waals surface area contributed by atoms with Gasteiger partial charge in [0.2, 0.25) is 5.91 Å². The van der Waals surface area contributed by atoms with E-state index in [9.17, 15) is 9.59 Å². The first-order valence-electron chi connectivity index (χ1n) is 8.97. The summed E-state index contributed by atoms with van der Waals surface area (Å²) in [6.45, 7) is 4.15. The minimum Gasteiger partial charge on any atom is -0.302 e. The number of rotatable bonds is 4. The summed E-state index contributed by atoms with van der Waals surface area (Å²) >= 11 is 2.81. The van der Waals surface area contributed by atoms with E-state index in [-0.39, 0.29) is 17.4 Å². The molecule has 0 fully saturated rings. The molecule has 144 valence electrons. The van der Waals surface area contributed by atoms with E-state index in [1.54, 1.807) is 10.8 Å². The molecule has 0 bridgehead atoms. The summed E-state index contributed by atoms with van der Waals surface area (Å²) in [5, 5.41) is 5.97. The van der Waals surface area contributed by atoms with Crippen LogP contribution in [0.3, 0.4) is 0 Å². The van der Waals surface area contributed by atoms with Crippen LogP contribution in [-0.4, -0.2) is 31.2 Å². The van der Waals surface area contributed by atoms with Gasteiger partial charge in [-0.25, -0.2) is 9.97 Å². The zero-order chi connectivity index (χ0) is 19.7. The molecule has 0 aromatic carbocycles. The third-order valence-electron chi connectivity index (χ3n) is 4.64. The third kappa shape index (κ3) is 3.59. The molecule has 0 aliphatic carbocycles. The van der Waals surface area contributed by atoms with E-state index < -0.39 is 0 Å². The van der Waals surface area contributed by atoms with E-state index in [1.807, 2.05) is 37.4 Å². The largest absolute Gasteiger partial charge is 0.302 e. The number of nitrogens with one attached hydrogen (secondary N) is 1. The number of aryl methyl sites for hydroxylation is 1. The second kappa shape index (κ2) is 7.84. The first-order valence-corrected chi connectivity index (χ1v) is 10.8. The van der Waals surface area contributed by atoms with Crippen LogP contribution >= 0.6 is 23.1 Å². The Hall–Kier alpha value is -2.52. The normalized spacial score (nSPS) is 15.9. The van der Waals surface area contributed by atoms with Crippen molar-refractivity contribution < 1.29 is 4.79 Å². The van der Waals surface area contributed by atoms with Gasteiger partial charge in [-0.05, 0) is 25.5 Å². The molecule has 1 unspecified atom stereocenters. The summed E-state index contributed by atoms with van der Waals surface area (Å²) in [4.78, 5) is 38.7. The molecule has 0 spiro atoms. The molecule has 1 N–H and O–H groups in total. The number of hydrogen-bond donors (Lipinski definition) is 1. The molecule has 9 heteroatoms. The minimum atomic E-state index is -0.313. The highest BCUT2D eigenvalue weighted by atomic mass is 32.2. The zero-order valence-electron chi connectivity index (χ0n) is 15.5. The Balaban J connectivity index is 1.50. The number of thiazole rings is 1. The Bertz CT molecular complexity index is 1080. The van der Waals surface area contributed by atoms with Gasteiger partial charge in [0.1, 0.15) is 5.69 Å². The van der Waals surface area contributed by atoms with Gasteiger partial charge >= 0.3 is 0 Å². The highest BCUT2D eigenvalue weighted by molar-refractivity contribution is 7.99. The molecule has 4 heterocycles. The van der Waals surface area contributed by atoms with Gasteiger partial charge < -0.3 is 5.32 Å². The van der Waals surface area contributed by atoms with Crippen molar-refractivity contribution in [3.05, 3.63) is 51.4 Å². The Morgan fingerprint density at radius 1 is 1.32 bits per heavy atom. The fourth-order valence-corrected chi connectivity index (χ4v) is 4.96. The molecular formula is C19H19N5O2S2. The molecule has 0 saturated carbocycles. The van der Waals surface area contributed by atoms with Gasteiger partial charge in [-0.3, -0.25) is 19.1 Å². The van der Waals surface area contributed by atoms with E-state index in [4.69, 9.17) is 0 Å². The molecule has 28 heavy (non-hydrogen) atoms. The lowest BCUT2D eigenvalue weighted by Crippen LogP contribution is -2.38. The number of anilines is 1. The van der Waals surface area contributed by atoms with Crippen LogP contribution in [-0.2, 0) is 17.8 Å². The van der Waals surface area contributed by atoms with Gasteiger partial charge in [0.05, 0.1) is 11.6 Å². The number of thioether (sulfide) groups is 1. The van der Waals surface area contributed by atoms with Gasteiger partial charge in [0, 0.05) is 35.1 Å². The summed E-state index contributed by atoms with van der Waals surface area (Å²) in [6, 6.07) is 5.62. The lowest BCUT2D eigenvalue weighted by Gasteiger charge is -2.24. The maximum Gasteiger partial charge on any atom is 0.257 e. The second-order valence-corrected chi connectivity index (χ2v) is 8.32. The molecular weight excluding hydrogens is 394 g/mol. The van der Waals surface area contributed by atoms with Crippen LogP contribution in [0.4, 0.5) is 5.13 Å². The number of carbonyl (C=O) groups is 1. The van der Waals surface area contributed by atoms with E-state index in [0.29, 0.717) is 34.6 Å². The smallest absolute Gasteiger partial charge is 0.257 e. The number of pyridine rings is 1. The molecule has 1 amide bonds. The molecule has 0 radical (unpaired) electrons. The number of hydrogen-bond acceptors (Lipinski definition) is 7. The van der Waals surface area contributed by atoms with Crippen molar-refractivity contribution in [2.75, 3.05) is 11.1 Å². The second-order valence-electron chi connectivity index (χ2n) is 6.48. The van der Waals surface area contributed by atoms with Crippen LogP contribution in [0.15, 0.2) is 39.7 Å². The molecule has 4 rings (SSSR count). The number of fused-ring (bicyclic) bond motifs is 1. The fraction of sp³-hybridized carbons (Fsp3) is 0.316. The van der Waals surface area contributed by atoms with Crippen LogP contribution in [0.25, 0.3) is 11.4 Å². The number of carbonyl (C=O) groups excluding carboxylic acids is 1. The van der Waals surface area contributed by atoms with Gasteiger partial charge in [-0.2, -0.15) is 0 Å². The Morgan fingerprint density at radius 2 is 2.18 bits per heavy atom. The first kappa shape index (κ1) is 18.8. The van der Waals surface area contributed by atoms with Crippen molar-refractivity contribution in [3.63, 3.8) is 0 Å². The average molecular weight is 414 g/mol. The predicted molar refractivity (Wildman–Crippen MR) is 111 cm³/mol. The van der Waals surface area contributed by atoms with Crippen LogP contribution in [0.1, 0.15) is 18.2 Å². The van der Waals surface area contributed by atoms with Crippen molar-refractivity contribution in [1.29, 1.82) is 0 Å². The quantitative estimate of drug-likeness (QED) is 0.662. The predicted octanol–water partition coefficient (Wildman–Crippen LogP) is 2.99. The highest BCUT2D eigenvalue weighted by Crippen LogP contribution is 2.28. The van der Waals surface area contributed by atoms with Crippen LogP contribution < -0.4 is 10.9 Å². The molecule has 7 nitrogen and oxygen atoms in total. The summed E-state index contributed by atoms with van der Waals surface area (Å²) in [5.74, 6) is 0.138. The van der Waals surface area contributed by atoms with E-state index >= 15 is 0 Å². The van der Waals surface area contributed by atoms with Gasteiger partial charge in [-0.1, -0.05) is 24.8 Å². The lowest BCUT2D eigenvalue weighted by atomic mass is 10.1. The van der Waals surface area contributed by atoms with Crippen molar-refractivity contribution in [2.24, 2.45) is 5.92 Å². The molecule has 1 atom stereocenters. The van der Waals surface area contributed by atoms with E-state index in [2.05, 4.69) is 20.3 Å². The molecule has 3 aromatic rings. The number of aromatic nitrogens is 4. The summed E-state index contributed by atoms with van der Waals surface area (Å²) in [7, 11) is 0. The van der Waals surface area contributed by atoms with Crippen LogP contribution in [0, 0.1) is 12.8 Å². The number of nitrogens with zero attached hydrogens (tertiary/aromatic N) is 4. The fourth-order valence-electron chi connectivity index (χ4n) is 3.13. The maximum absolute atomic E-state index is 12.7. The summed E-state index contributed by atoms with van der Waals surface area (Å²) in [5.41, 5.74) is 2.94. The topological polar surface area (TPSA) is 89.8 Å². The van der Waals surface area contributed by atoms with Crippen molar-refractivity contribution in [2.45, 2.75) is 32.0 Å². The average Bonchev–Trinajstić information content (AvgIpc) is 3.17. The van der Waals surface area contributed by atoms with E-state index in [1.165, 1.54) is 23.1 Å². The van der Waals surface area contributed by atoms with E-state index in [0.717, 1.165) is 17.1 Å². The molecule has 3 aromatic heterocycles. The van der Waals surface area contributed by atoms with Crippen LogP contribution in [0.5, 0.6) is 0 Å². The van der Waals surface area contributed by atoms with Gasteiger partial charge in [0.25, 0.3) is 5.56 Å². The Morgan fingerprint density at radius 3 is 2.93 bits per heavy atom. The monoisotopic (exact) mass is 413 g/mol. The van der Waals surface area contributed by atoms with Crippen molar-refractivity contribution >= 4 is 34.1 Å². The molecule has 1 aliphatic rings. The number of amides is 1. The Kier molecular flexibility index (Phi) is 5.27. The standard InChI is InChI=1S/C19H19N5O2S2/c1-3-13-11(2)21-19-24(17(13)26)8-12(9-28-19)16(25)23-18-22-15(10-27-18)14-6-4-5-7-20-14/h4-7,10,12H,3,8-9H2,1-2H3,(H,22,23,25). The third-order valence-corrected chi connectivity index (χ3v) is 6.53. The lowest BCUT2D eigenvalue weighted by molar-refractivity contribution is -0.119. The molecule has 1 aliphatic heterocycles. The van der Waals surface area contributed by atoms with Gasteiger partial charge in [0.15, 0.2) is 10.3 Å². The van der Waals surface area contributed by atoms with Crippen LogP contribution in [0.2, 0.25) is 0 Å². The summed E-state index contributed by atoms with van der Waals surface area (Å²) in [6.07, 6.45) is 2.34. The highest BCUT2D eigenvalue weighted by Gasteiger charge is 2.28. The SMILES string of the molecule is CCc1c(C)nc2n(c1=O)CC(C(=O)Nc1nc(-c3ccccn3)cs1)CS2. The molecule has 0 saturated heterocycles. The van der Waals surface area contributed by atoms with Gasteiger partial charge in [-0.15, -0.1) is 11.3 Å². The van der Waals surface area contributed by atoms with Crippen molar-refractivity contribution in [3.8, 4) is 11.4 Å². The summed E-state index contributed by atoms with van der Waals surface area (Å²) < 4.78 is 1.63. The Labute approximate surface area is 170 Å². The minimum absolute atomic E-state index is 0.0401. The van der Waals surface area contributed by atoms with Crippen molar-refractivity contribution in [1.82, 2.24) is 19.5 Å². The first-order chi connectivity index (χ1) is 13.6. The zero-order valence-corrected chi connectivity index (χ0v) is 17.1. The maximum atomic E-state index is 12.7.